The summed E-state index contributed by atoms with van der Waals surface area (Å²) in [5.74, 6) is 11.3. The average Bonchev–Trinajstić information content (AvgIpc) is 3.03. The van der Waals surface area contributed by atoms with Crippen LogP contribution in [0.2, 0.25) is 0 Å². The summed E-state index contributed by atoms with van der Waals surface area (Å²) in [7, 11) is -3.32. The van der Waals surface area contributed by atoms with E-state index in [1.54, 1.807) is 24.3 Å². The van der Waals surface area contributed by atoms with Gasteiger partial charge in [0.15, 0.2) is 0 Å². The molecule has 0 aliphatic heterocycles. The summed E-state index contributed by atoms with van der Waals surface area (Å²) >= 11 is 0. The first kappa shape index (κ1) is 42.2. The molecule has 0 radical (unpaired) electrons. The van der Waals surface area contributed by atoms with Crippen molar-refractivity contribution in [2.75, 3.05) is 5.88 Å². The minimum Gasteiger partial charge on any atom is -0.313 e. The molecule has 13 rings (SSSR count). The first-order valence-corrected chi connectivity index (χ1v) is 21.2. The van der Waals surface area contributed by atoms with Gasteiger partial charge < -0.3 is 4.85 Å². The zero-order chi connectivity index (χ0) is 34.4. The number of nitrogens with zero attached hydrogens (tertiary/aromatic N) is 2. The molecule has 12 aliphatic rings. The maximum Gasteiger partial charge on any atom is 0.364 e. The van der Waals surface area contributed by atoms with Crippen LogP contribution in [0, 0.1) is 97.0 Å². The van der Waals surface area contributed by atoms with Gasteiger partial charge in [0.1, 0.15) is 11.6 Å². The highest BCUT2D eigenvalue weighted by Crippen LogP contribution is 2.57. The topological polar surface area (TPSA) is 77.0 Å². The summed E-state index contributed by atoms with van der Waals surface area (Å²) in [4.78, 5) is 30.3. The number of hydrogen-bond acceptors (Lipinski definition) is 4. The molecule has 0 amide bonds. The number of benzene rings is 1. The van der Waals surface area contributed by atoms with Crippen molar-refractivity contribution in [3.05, 3.63) is 46.1 Å². The number of ketones is 2. The third-order valence-corrected chi connectivity index (χ3v) is 16.1. The molecular formula is C45H69N2O4S+. The van der Waals surface area contributed by atoms with Gasteiger partial charge in [-0.05, 0) is 170 Å². The van der Waals surface area contributed by atoms with E-state index >= 15 is 0 Å². The third-order valence-electron chi connectivity index (χ3n) is 14.6. The van der Waals surface area contributed by atoms with Crippen LogP contribution >= 0.6 is 0 Å². The molecule has 0 saturated heterocycles. The lowest BCUT2D eigenvalue weighted by Crippen LogP contribution is -2.47. The maximum absolute atomic E-state index is 11.6. The highest BCUT2D eigenvalue weighted by Gasteiger charge is 2.52. The fourth-order valence-electron chi connectivity index (χ4n) is 13.3. The Hall–Kier alpha value is -2.51. The minimum atomic E-state index is -3.32. The Kier molecular flexibility index (Phi) is 14.1. The molecule has 0 spiro atoms. The first-order valence-electron chi connectivity index (χ1n) is 19.6. The molecular weight excluding hydrogens is 665 g/mol. The Balaban J connectivity index is 0.000000152. The van der Waals surface area contributed by atoms with Crippen molar-refractivity contribution in [3.63, 3.8) is 0 Å². The van der Waals surface area contributed by atoms with Gasteiger partial charge in [0.2, 0.25) is 6.04 Å². The SMILES string of the molecule is C.C.C.C#[N+]CS(=O)(=O)c1ccc(C)cc1.CC(=O)C1C2CC3CC(C2)CC1C3.O=C1C2CC3CC(C2)CC1C3.[C-]#[N+]C1C2CC3CC(C2)CC1C3. The van der Waals surface area contributed by atoms with Crippen molar-refractivity contribution >= 4 is 21.4 Å². The summed E-state index contributed by atoms with van der Waals surface area (Å²) in [5.41, 5.74) is 1.02. The van der Waals surface area contributed by atoms with E-state index < -0.39 is 9.84 Å². The Morgan fingerprint density at radius 2 is 1.04 bits per heavy atom. The van der Waals surface area contributed by atoms with Crippen LogP contribution in [-0.2, 0) is 19.4 Å². The quantitative estimate of drug-likeness (QED) is 0.290. The van der Waals surface area contributed by atoms with Crippen LogP contribution in [-0.4, -0.2) is 31.9 Å². The molecule has 12 saturated carbocycles. The van der Waals surface area contributed by atoms with Gasteiger partial charge in [0, 0.05) is 29.6 Å². The van der Waals surface area contributed by atoms with Crippen LogP contribution in [0.5, 0.6) is 0 Å². The second kappa shape index (κ2) is 17.3. The Labute approximate surface area is 317 Å². The van der Waals surface area contributed by atoms with E-state index in [0.29, 0.717) is 35.4 Å². The summed E-state index contributed by atoms with van der Waals surface area (Å²) in [6.07, 6.45) is 20.4. The Bertz CT molecular complexity index is 1500. The predicted molar refractivity (Wildman–Crippen MR) is 212 cm³/mol. The Morgan fingerprint density at radius 1 is 0.673 bits per heavy atom. The van der Waals surface area contributed by atoms with E-state index in [2.05, 4.69) is 9.69 Å². The van der Waals surface area contributed by atoms with Gasteiger partial charge in [0.05, 0.1) is 4.90 Å². The average molecular weight is 734 g/mol. The summed E-state index contributed by atoms with van der Waals surface area (Å²) in [5, 5.41) is 0. The molecule has 0 atom stereocenters. The molecule has 12 fully saturated rings. The van der Waals surface area contributed by atoms with Gasteiger partial charge in [-0.2, -0.15) is 0 Å². The molecule has 0 heterocycles. The van der Waals surface area contributed by atoms with E-state index in [1.165, 1.54) is 96.3 Å². The number of carbonyl (C=O) groups excluding carboxylic acids is 2. The van der Waals surface area contributed by atoms with Gasteiger partial charge in [0.25, 0.3) is 16.4 Å². The second-order valence-electron chi connectivity index (χ2n) is 18.1. The van der Waals surface area contributed by atoms with Crippen LogP contribution in [0.4, 0.5) is 0 Å². The smallest absolute Gasteiger partial charge is 0.313 e. The van der Waals surface area contributed by atoms with Crippen molar-refractivity contribution in [1.29, 1.82) is 0 Å². The number of sulfone groups is 1. The lowest BCUT2D eigenvalue weighted by molar-refractivity contribution is -0.140. The van der Waals surface area contributed by atoms with Crippen LogP contribution in [0.3, 0.4) is 0 Å². The molecule has 0 N–H and O–H groups in total. The summed E-state index contributed by atoms with van der Waals surface area (Å²) in [6, 6.07) is 7.01. The van der Waals surface area contributed by atoms with E-state index in [4.69, 9.17) is 13.1 Å². The molecule has 7 heteroatoms. The van der Waals surface area contributed by atoms with Gasteiger partial charge in [-0.1, -0.05) is 44.8 Å². The minimum absolute atomic E-state index is 0. The molecule has 288 valence electrons. The van der Waals surface area contributed by atoms with Gasteiger partial charge >= 0.3 is 5.88 Å². The number of Topliss-reactive ketones (excluding diaryl/α,β-unsaturated/α-hetero) is 2. The number of rotatable bonds is 3. The number of aryl methyl sites for hydroxylation is 1. The normalized spacial score (nSPS) is 40.0. The first-order chi connectivity index (χ1) is 23.5. The largest absolute Gasteiger partial charge is 0.364 e. The van der Waals surface area contributed by atoms with Gasteiger partial charge in [-0.3, -0.25) is 9.59 Å². The van der Waals surface area contributed by atoms with Crippen molar-refractivity contribution in [3.8, 4) is 6.57 Å². The molecule has 0 unspecified atom stereocenters. The number of carbonyl (C=O) groups is 2. The van der Waals surface area contributed by atoms with Gasteiger partial charge in [-0.25, -0.2) is 15.0 Å². The fraction of sp³-hybridized carbons (Fsp3) is 0.778. The molecule has 52 heavy (non-hydrogen) atoms. The number of hydrogen-bond donors (Lipinski definition) is 0. The van der Waals surface area contributed by atoms with Crippen molar-refractivity contribution in [1.82, 2.24) is 0 Å². The van der Waals surface area contributed by atoms with Crippen molar-refractivity contribution in [2.24, 2.45) is 76.9 Å². The van der Waals surface area contributed by atoms with E-state index in [0.717, 1.165) is 64.7 Å². The maximum atomic E-state index is 11.6. The standard InChI is InChI=1S/C12H18O.C11H15N.C10H14O.C9H10NO2S.3CH4/c1-7(13)12-10-3-8-2-9(5-10)6-11(12)4-8;1-12-11-9-3-7-2-8(5-9)6-10(11)4-7;11-10-8-2-6-1-7(4-8)5-9(10)3-6;1-8-3-5-9(6-4-8)13(11,12)7-10-2;;;/h8-12H,2-6H2,1H3;7-11H,2-6H2;6-9H,1-5H2;2-6H,7H2,1H3;3*1H4/q;;;+1;;;. The monoisotopic (exact) mass is 733 g/mol. The molecule has 12 bridgehead atoms. The van der Waals surface area contributed by atoms with Crippen molar-refractivity contribution in [2.45, 2.75) is 143 Å². The zero-order valence-corrected chi connectivity index (χ0v) is 30.5. The van der Waals surface area contributed by atoms with E-state index in [1.807, 2.05) is 13.8 Å². The molecule has 6 nitrogen and oxygen atoms in total. The lowest BCUT2D eigenvalue weighted by atomic mass is 9.51. The van der Waals surface area contributed by atoms with E-state index in [9.17, 15) is 18.0 Å². The molecule has 12 aliphatic carbocycles. The summed E-state index contributed by atoms with van der Waals surface area (Å²) < 4.78 is 22.7. The third kappa shape index (κ3) is 8.88. The van der Waals surface area contributed by atoms with Crippen molar-refractivity contribution < 1.29 is 18.0 Å². The van der Waals surface area contributed by atoms with Crippen LogP contribution in [0.25, 0.3) is 9.69 Å². The van der Waals surface area contributed by atoms with Crippen LogP contribution < -0.4 is 0 Å². The highest BCUT2D eigenvalue weighted by molar-refractivity contribution is 7.91. The Morgan fingerprint density at radius 3 is 1.38 bits per heavy atom. The van der Waals surface area contributed by atoms with Crippen LogP contribution in [0.1, 0.15) is 131 Å². The predicted octanol–water partition coefficient (Wildman–Crippen LogP) is 11.0. The lowest BCUT2D eigenvalue weighted by Gasteiger charge is -2.53. The summed E-state index contributed by atoms with van der Waals surface area (Å²) in [6.45, 7) is 15.7. The zero-order valence-electron chi connectivity index (χ0n) is 29.7. The van der Waals surface area contributed by atoms with Crippen LogP contribution in [0.15, 0.2) is 29.2 Å². The van der Waals surface area contributed by atoms with Gasteiger partial charge in [-0.15, -0.1) is 0 Å². The molecule has 1 aromatic carbocycles. The second-order valence-corrected chi connectivity index (χ2v) is 20.0. The molecule has 1 aromatic rings. The van der Waals surface area contributed by atoms with E-state index in [-0.39, 0.29) is 33.1 Å². The fourth-order valence-corrected chi connectivity index (χ4v) is 14.2. The molecule has 0 aromatic heterocycles. The highest BCUT2D eigenvalue weighted by atomic mass is 32.2.